The number of hydrogen-bond acceptors (Lipinski definition) is 5. The molecule has 1 aromatic rings. The van der Waals surface area contributed by atoms with Crippen molar-refractivity contribution >= 4 is 19.9 Å². The smallest absolute Gasteiger partial charge is 0.270 e. The van der Waals surface area contributed by atoms with E-state index in [9.17, 15) is 14.9 Å². The SMILES string of the molecule is CC1CCC(=O)N1C1c2cc([N+](=O)[O-])ccc2OCCC1O[Si](C)(C)C. The van der Waals surface area contributed by atoms with Crippen molar-refractivity contribution in [1.29, 1.82) is 0 Å². The molecular formula is C18H26N2O5Si. The fraction of sp³-hybridized carbons (Fsp3) is 0.611. The monoisotopic (exact) mass is 378 g/mol. The third kappa shape index (κ3) is 3.76. The fourth-order valence-electron chi connectivity index (χ4n) is 3.84. The van der Waals surface area contributed by atoms with E-state index in [-0.39, 0.29) is 29.8 Å². The number of benzene rings is 1. The predicted molar refractivity (Wildman–Crippen MR) is 99.7 cm³/mol. The van der Waals surface area contributed by atoms with E-state index < -0.39 is 13.2 Å². The molecular weight excluding hydrogens is 352 g/mol. The molecule has 3 unspecified atom stereocenters. The zero-order chi connectivity index (χ0) is 19.1. The third-order valence-corrected chi connectivity index (χ3v) is 5.89. The zero-order valence-corrected chi connectivity index (χ0v) is 16.7. The standard InChI is InChI=1S/C18H26N2O5Si/c1-12-5-8-17(21)19(12)18-14-11-13(20(22)23)6-7-15(14)24-10-9-16(18)25-26(2,3)4/h6-7,11-12,16,18H,5,8-10H2,1-4H3. The van der Waals surface area contributed by atoms with Gasteiger partial charge in [-0.2, -0.15) is 0 Å². The number of ether oxygens (including phenoxy) is 1. The number of carbonyl (C=O) groups is 1. The lowest BCUT2D eigenvalue weighted by Gasteiger charge is -2.39. The van der Waals surface area contributed by atoms with Crippen LogP contribution in [0.4, 0.5) is 5.69 Å². The van der Waals surface area contributed by atoms with Gasteiger partial charge >= 0.3 is 0 Å². The second-order valence-corrected chi connectivity index (χ2v) is 12.5. The van der Waals surface area contributed by atoms with E-state index in [1.165, 1.54) is 6.07 Å². The minimum atomic E-state index is -1.89. The first-order valence-corrected chi connectivity index (χ1v) is 12.5. The number of hydrogen-bond donors (Lipinski definition) is 0. The summed E-state index contributed by atoms with van der Waals surface area (Å²) in [4.78, 5) is 25.4. The maximum absolute atomic E-state index is 12.6. The van der Waals surface area contributed by atoms with E-state index in [4.69, 9.17) is 9.16 Å². The summed E-state index contributed by atoms with van der Waals surface area (Å²) in [5.74, 6) is 0.681. The van der Waals surface area contributed by atoms with Crippen LogP contribution in [0, 0.1) is 10.1 Å². The van der Waals surface area contributed by atoms with Crippen LogP contribution in [0.1, 0.15) is 37.8 Å². The molecule has 8 heteroatoms. The first-order chi connectivity index (χ1) is 12.2. The van der Waals surface area contributed by atoms with Gasteiger partial charge in [-0.15, -0.1) is 0 Å². The highest BCUT2D eigenvalue weighted by molar-refractivity contribution is 6.69. The molecule has 0 aliphatic carbocycles. The molecule has 0 bridgehead atoms. The van der Waals surface area contributed by atoms with Gasteiger partial charge in [-0.3, -0.25) is 14.9 Å². The van der Waals surface area contributed by atoms with Crippen LogP contribution in [0.3, 0.4) is 0 Å². The second-order valence-electron chi connectivity index (χ2n) is 8.02. The maximum Gasteiger partial charge on any atom is 0.270 e. The quantitative estimate of drug-likeness (QED) is 0.454. The number of nitro groups is 1. The molecule has 26 heavy (non-hydrogen) atoms. The molecule has 7 nitrogen and oxygen atoms in total. The molecule has 2 aliphatic heterocycles. The van der Waals surface area contributed by atoms with E-state index in [2.05, 4.69) is 19.6 Å². The van der Waals surface area contributed by atoms with Gasteiger partial charge in [-0.05, 0) is 39.1 Å². The Bertz CT molecular complexity index is 718. The second kappa shape index (κ2) is 7.00. The zero-order valence-electron chi connectivity index (χ0n) is 15.7. The Balaban J connectivity index is 2.11. The predicted octanol–water partition coefficient (Wildman–Crippen LogP) is 3.65. The van der Waals surface area contributed by atoms with Gasteiger partial charge in [0, 0.05) is 36.6 Å². The summed E-state index contributed by atoms with van der Waals surface area (Å²) >= 11 is 0. The number of fused-ring (bicyclic) bond motifs is 1. The van der Waals surface area contributed by atoms with E-state index in [1.807, 2.05) is 11.8 Å². The maximum atomic E-state index is 12.6. The van der Waals surface area contributed by atoms with Crippen molar-refractivity contribution in [2.75, 3.05) is 6.61 Å². The summed E-state index contributed by atoms with van der Waals surface area (Å²) in [5, 5.41) is 11.3. The minimum absolute atomic E-state index is 0.00491. The molecule has 0 saturated carbocycles. The van der Waals surface area contributed by atoms with Gasteiger partial charge in [-0.1, -0.05) is 0 Å². The van der Waals surface area contributed by atoms with Gasteiger partial charge in [0.2, 0.25) is 5.91 Å². The van der Waals surface area contributed by atoms with Crippen molar-refractivity contribution in [2.24, 2.45) is 0 Å². The van der Waals surface area contributed by atoms with Gasteiger partial charge in [-0.25, -0.2) is 0 Å². The summed E-state index contributed by atoms with van der Waals surface area (Å²) in [6.45, 7) is 8.82. The van der Waals surface area contributed by atoms with Crippen LogP contribution in [0.15, 0.2) is 18.2 Å². The number of rotatable bonds is 4. The van der Waals surface area contributed by atoms with Crippen molar-refractivity contribution in [2.45, 2.75) is 64.0 Å². The first-order valence-electron chi connectivity index (χ1n) is 9.07. The fourth-order valence-corrected chi connectivity index (χ4v) is 4.99. The molecule has 1 aromatic carbocycles. The van der Waals surface area contributed by atoms with Crippen LogP contribution in [-0.4, -0.2) is 42.8 Å². The summed E-state index contributed by atoms with van der Waals surface area (Å²) in [5.41, 5.74) is 0.687. The van der Waals surface area contributed by atoms with E-state index in [0.29, 0.717) is 30.8 Å². The molecule has 0 N–H and O–H groups in total. The van der Waals surface area contributed by atoms with E-state index >= 15 is 0 Å². The van der Waals surface area contributed by atoms with E-state index in [0.717, 1.165) is 6.42 Å². The molecule has 2 heterocycles. The summed E-state index contributed by atoms with van der Waals surface area (Å²) in [7, 11) is -1.89. The molecule has 0 radical (unpaired) electrons. The molecule has 1 saturated heterocycles. The average molecular weight is 379 g/mol. The summed E-state index contributed by atoms with van der Waals surface area (Å²) < 4.78 is 12.3. The van der Waals surface area contributed by atoms with Crippen LogP contribution < -0.4 is 4.74 Å². The molecule has 1 amide bonds. The van der Waals surface area contributed by atoms with Crippen LogP contribution >= 0.6 is 0 Å². The Labute approximate surface area is 154 Å². The van der Waals surface area contributed by atoms with Crippen molar-refractivity contribution in [3.05, 3.63) is 33.9 Å². The Morgan fingerprint density at radius 1 is 1.31 bits per heavy atom. The molecule has 0 aromatic heterocycles. The molecule has 2 aliphatic rings. The lowest BCUT2D eigenvalue weighted by molar-refractivity contribution is -0.385. The topological polar surface area (TPSA) is 81.9 Å². The minimum Gasteiger partial charge on any atom is -0.493 e. The molecule has 3 atom stereocenters. The molecule has 1 fully saturated rings. The van der Waals surface area contributed by atoms with Gasteiger partial charge in [0.05, 0.1) is 23.7 Å². The Morgan fingerprint density at radius 3 is 2.62 bits per heavy atom. The van der Waals surface area contributed by atoms with Crippen molar-refractivity contribution in [3.63, 3.8) is 0 Å². The highest BCUT2D eigenvalue weighted by Gasteiger charge is 2.43. The van der Waals surface area contributed by atoms with Crippen LogP contribution in [0.2, 0.25) is 19.6 Å². The highest BCUT2D eigenvalue weighted by atomic mass is 28.4. The lowest BCUT2D eigenvalue weighted by Crippen LogP contribution is -2.45. The van der Waals surface area contributed by atoms with Crippen LogP contribution in [-0.2, 0) is 9.22 Å². The normalized spacial score (nSPS) is 26.2. The number of nitro benzene ring substituents is 1. The first kappa shape index (κ1) is 18.8. The third-order valence-electron chi connectivity index (χ3n) is 4.88. The Hall–Kier alpha value is -1.93. The number of amides is 1. The number of carbonyl (C=O) groups excluding carboxylic acids is 1. The van der Waals surface area contributed by atoms with Crippen molar-refractivity contribution in [3.8, 4) is 5.75 Å². The molecule has 0 spiro atoms. The number of likely N-dealkylation sites (tertiary alicyclic amines) is 1. The van der Waals surface area contributed by atoms with Gasteiger partial charge in [0.1, 0.15) is 5.75 Å². The number of nitrogens with zero attached hydrogens (tertiary/aromatic N) is 2. The molecule has 3 rings (SSSR count). The van der Waals surface area contributed by atoms with E-state index in [1.54, 1.807) is 12.1 Å². The Kier molecular flexibility index (Phi) is 5.07. The highest BCUT2D eigenvalue weighted by Crippen LogP contribution is 2.43. The van der Waals surface area contributed by atoms with Crippen molar-refractivity contribution < 1.29 is 18.9 Å². The van der Waals surface area contributed by atoms with Crippen molar-refractivity contribution in [1.82, 2.24) is 4.90 Å². The summed E-state index contributed by atoms with van der Waals surface area (Å²) in [6.07, 6.45) is 1.71. The van der Waals surface area contributed by atoms with Gasteiger partial charge < -0.3 is 14.1 Å². The average Bonchev–Trinajstić information content (AvgIpc) is 2.77. The number of non-ortho nitro benzene ring substituents is 1. The van der Waals surface area contributed by atoms with Gasteiger partial charge in [0.15, 0.2) is 8.32 Å². The summed E-state index contributed by atoms with van der Waals surface area (Å²) in [6, 6.07) is 4.35. The largest absolute Gasteiger partial charge is 0.493 e. The van der Waals surface area contributed by atoms with Crippen LogP contribution in [0.25, 0.3) is 0 Å². The molecule has 142 valence electrons. The lowest BCUT2D eigenvalue weighted by atomic mass is 9.96. The van der Waals surface area contributed by atoms with Gasteiger partial charge in [0.25, 0.3) is 5.69 Å². The van der Waals surface area contributed by atoms with Crippen LogP contribution in [0.5, 0.6) is 5.75 Å². The Morgan fingerprint density at radius 2 is 2.04 bits per heavy atom.